The largest absolute Gasteiger partial charge is 0.354 e. The van der Waals surface area contributed by atoms with E-state index in [1.807, 2.05) is 30.3 Å². The molecule has 2 aromatic rings. The van der Waals surface area contributed by atoms with Crippen molar-refractivity contribution < 1.29 is 17.6 Å². The van der Waals surface area contributed by atoms with Crippen molar-refractivity contribution in [2.24, 2.45) is 0 Å². The van der Waals surface area contributed by atoms with Crippen LogP contribution < -0.4 is 9.62 Å². The van der Waals surface area contributed by atoms with Gasteiger partial charge in [-0.3, -0.25) is 9.10 Å². The summed E-state index contributed by atoms with van der Waals surface area (Å²) >= 11 is 0. The fraction of sp³-hybridized carbons (Fsp3) is 0.350. The number of nitrogens with one attached hydrogen (secondary N) is 1. The lowest BCUT2D eigenvalue weighted by Crippen LogP contribution is -2.49. The normalized spacial score (nSPS) is 12.4. The smallest absolute Gasteiger partial charge is 0.243 e. The highest BCUT2D eigenvalue weighted by Gasteiger charge is 2.31. The van der Waals surface area contributed by atoms with Crippen LogP contribution in [0.1, 0.15) is 25.3 Å². The zero-order chi connectivity index (χ0) is 19.9. The van der Waals surface area contributed by atoms with E-state index in [1.54, 1.807) is 6.92 Å². The molecule has 27 heavy (non-hydrogen) atoms. The van der Waals surface area contributed by atoms with Gasteiger partial charge in [0.25, 0.3) is 0 Å². The molecule has 7 heteroatoms. The number of sulfonamides is 1. The van der Waals surface area contributed by atoms with Gasteiger partial charge in [-0.1, -0.05) is 37.3 Å². The molecule has 0 bridgehead atoms. The molecule has 0 radical (unpaired) electrons. The Morgan fingerprint density at radius 3 is 2.30 bits per heavy atom. The maximum absolute atomic E-state index is 13.2. The third kappa shape index (κ3) is 6.06. The molecule has 0 aliphatic heterocycles. The number of rotatable bonds is 9. The van der Waals surface area contributed by atoms with Gasteiger partial charge >= 0.3 is 0 Å². The van der Waals surface area contributed by atoms with Crippen LogP contribution in [-0.4, -0.2) is 33.2 Å². The van der Waals surface area contributed by atoms with Crippen molar-refractivity contribution in [3.8, 4) is 0 Å². The summed E-state index contributed by atoms with van der Waals surface area (Å²) in [5, 5.41) is 2.82. The summed E-state index contributed by atoms with van der Waals surface area (Å²) in [6, 6.07) is 14.1. The Morgan fingerprint density at radius 2 is 1.74 bits per heavy atom. The van der Waals surface area contributed by atoms with Gasteiger partial charge in [0.15, 0.2) is 0 Å². The average molecular weight is 392 g/mol. The van der Waals surface area contributed by atoms with Crippen LogP contribution in [0.15, 0.2) is 54.6 Å². The predicted octanol–water partition coefficient (Wildman–Crippen LogP) is 3.12. The molecule has 0 saturated carbocycles. The molecule has 2 rings (SSSR count). The van der Waals surface area contributed by atoms with Gasteiger partial charge < -0.3 is 5.32 Å². The molecule has 146 valence electrons. The molecule has 1 atom stereocenters. The first-order valence-electron chi connectivity index (χ1n) is 8.89. The van der Waals surface area contributed by atoms with Crippen LogP contribution in [-0.2, 0) is 21.2 Å². The summed E-state index contributed by atoms with van der Waals surface area (Å²) in [6.45, 7) is 2.20. The molecule has 2 aromatic carbocycles. The number of anilines is 1. The first kappa shape index (κ1) is 20.9. The molecule has 1 N–H and O–H groups in total. The highest BCUT2D eigenvalue weighted by Crippen LogP contribution is 2.22. The maximum Gasteiger partial charge on any atom is 0.243 e. The van der Waals surface area contributed by atoms with E-state index < -0.39 is 21.9 Å². The second kappa shape index (κ2) is 9.50. The average Bonchev–Trinajstić information content (AvgIpc) is 2.64. The predicted molar refractivity (Wildman–Crippen MR) is 106 cm³/mol. The topological polar surface area (TPSA) is 66.5 Å². The Bertz CT molecular complexity index is 839. The summed E-state index contributed by atoms with van der Waals surface area (Å²) in [4.78, 5) is 12.6. The van der Waals surface area contributed by atoms with Crippen molar-refractivity contribution in [2.45, 2.75) is 32.2 Å². The first-order chi connectivity index (χ1) is 12.8. The highest BCUT2D eigenvalue weighted by molar-refractivity contribution is 7.92. The fourth-order valence-electron chi connectivity index (χ4n) is 2.91. The minimum Gasteiger partial charge on any atom is -0.354 e. The van der Waals surface area contributed by atoms with E-state index in [0.29, 0.717) is 13.0 Å². The Balaban J connectivity index is 2.04. The number of carbonyl (C=O) groups excluding carboxylic acids is 1. The van der Waals surface area contributed by atoms with E-state index in [9.17, 15) is 17.6 Å². The SMILES string of the molecule is CCC(C(=O)NCCCc1ccccc1)N(c1ccc(F)cc1)S(C)(=O)=O. The van der Waals surface area contributed by atoms with E-state index in [4.69, 9.17) is 0 Å². The van der Waals surface area contributed by atoms with E-state index >= 15 is 0 Å². The Labute approximate surface area is 160 Å². The van der Waals surface area contributed by atoms with Gasteiger partial charge in [0.05, 0.1) is 11.9 Å². The van der Waals surface area contributed by atoms with Gasteiger partial charge in [-0.05, 0) is 49.1 Å². The van der Waals surface area contributed by atoms with E-state index in [-0.39, 0.29) is 11.6 Å². The lowest BCUT2D eigenvalue weighted by Gasteiger charge is -2.30. The molecule has 1 amide bonds. The monoisotopic (exact) mass is 392 g/mol. The number of aryl methyl sites for hydroxylation is 1. The van der Waals surface area contributed by atoms with Gasteiger partial charge in [0.1, 0.15) is 11.9 Å². The number of halogens is 1. The molecule has 0 aliphatic rings. The number of carbonyl (C=O) groups is 1. The number of nitrogens with zero attached hydrogens (tertiary/aromatic N) is 1. The molecule has 5 nitrogen and oxygen atoms in total. The molecular formula is C20H25FN2O3S. The minimum atomic E-state index is -3.71. The Morgan fingerprint density at radius 1 is 1.11 bits per heavy atom. The maximum atomic E-state index is 13.2. The quantitative estimate of drug-likeness (QED) is 0.667. The third-order valence-electron chi connectivity index (χ3n) is 4.20. The van der Waals surface area contributed by atoms with Crippen LogP contribution >= 0.6 is 0 Å². The lowest BCUT2D eigenvalue weighted by molar-refractivity contribution is -0.122. The molecule has 1 unspecified atom stereocenters. The van der Waals surface area contributed by atoms with Gasteiger partial charge in [0, 0.05) is 6.54 Å². The number of hydrogen-bond donors (Lipinski definition) is 1. The van der Waals surface area contributed by atoms with E-state index in [1.165, 1.54) is 29.8 Å². The lowest BCUT2D eigenvalue weighted by atomic mass is 10.1. The van der Waals surface area contributed by atoms with Crippen molar-refractivity contribution in [3.63, 3.8) is 0 Å². The van der Waals surface area contributed by atoms with E-state index in [2.05, 4.69) is 5.32 Å². The summed E-state index contributed by atoms with van der Waals surface area (Å²) in [5.41, 5.74) is 1.45. The van der Waals surface area contributed by atoms with Crippen LogP contribution in [0.5, 0.6) is 0 Å². The summed E-state index contributed by atoms with van der Waals surface area (Å²) < 4.78 is 38.8. The molecule has 0 aromatic heterocycles. The van der Waals surface area contributed by atoms with Crippen molar-refractivity contribution in [2.75, 3.05) is 17.1 Å². The Kier molecular flexibility index (Phi) is 7.36. The first-order valence-corrected chi connectivity index (χ1v) is 10.7. The zero-order valence-electron chi connectivity index (χ0n) is 15.6. The molecular weight excluding hydrogens is 367 g/mol. The molecule has 0 aliphatic carbocycles. The standard InChI is InChI=1S/C20H25FN2O3S/c1-3-19(20(24)22-15-7-10-16-8-5-4-6-9-16)23(27(2,25)26)18-13-11-17(21)12-14-18/h4-6,8-9,11-14,19H,3,7,10,15H2,1-2H3,(H,22,24). The van der Waals surface area contributed by atoms with Crippen molar-refractivity contribution in [1.29, 1.82) is 0 Å². The molecule has 0 saturated heterocycles. The van der Waals surface area contributed by atoms with Crippen molar-refractivity contribution >= 4 is 21.6 Å². The minimum absolute atomic E-state index is 0.269. The number of benzene rings is 2. The molecule has 0 heterocycles. The second-order valence-corrected chi connectivity index (χ2v) is 8.20. The van der Waals surface area contributed by atoms with Crippen molar-refractivity contribution in [1.82, 2.24) is 5.32 Å². The van der Waals surface area contributed by atoms with Crippen LogP contribution in [0, 0.1) is 5.82 Å². The van der Waals surface area contributed by atoms with Crippen LogP contribution in [0.25, 0.3) is 0 Å². The van der Waals surface area contributed by atoms with Crippen LogP contribution in [0.2, 0.25) is 0 Å². The van der Waals surface area contributed by atoms with Gasteiger partial charge in [0.2, 0.25) is 15.9 Å². The summed E-state index contributed by atoms with van der Waals surface area (Å²) in [6.07, 6.45) is 2.92. The number of hydrogen-bond acceptors (Lipinski definition) is 3. The van der Waals surface area contributed by atoms with Gasteiger partial charge in [-0.25, -0.2) is 12.8 Å². The molecule has 0 spiro atoms. The Hall–Kier alpha value is -2.41. The number of amides is 1. The third-order valence-corrected chi connectivity index (χ3v) is 5.38. The van der Waals surface area contributed by atoms with Gasteiger partial charge in [-0.2, -0.15) is 0 Å². The van der Waals surface area contributed by atoms with Crippen LogP contribution in [0.4, 0.5) is 10.1 Å². The fourth-order valence-corrected chi connectivity index (χ4v) is 4.13. The van der Waals surface area contributed by atoms with Gasteiger partial charge in [-0.15, -0.1) is 0 Å². The van der Waals surface area contributed by atoms with E-state index in [0.717, 1.165) is 23.4 Å². The summed E-state index contributed by atoms with van der Waals surface area (Å²) in [7, 11) is -3.71. The second-order valence-electron chi connectivity index (χ2n) is 6.34. The molecule has 0 fully saturated rings. The highest BCUT2D eigenvalue weighted by atomic mass is 32.2. The van der Waals surface area contributed by atoms with Crippen LogP contribution in [0.3, 0.4) is 0 Å². The van der Waals surface area contributed by atoms with Crippen molar-refractivity contribution in [3.05, 3.63) is 66.0 Å². The summed E-state index contributed by atoms with van der Waals surface area (Å²) in [5.74, 6) is -0.828. The zero-order valence-corrected chi connectivity index (χ0v) is 16.4.